The molecule has 0 unspecified atom stereocenters. The standard InChI is InChI=1S/C17H22FNO3/c18-13-5-6-14(15(9-13)22-11-12-3-4-12)19-16(20)10-17(21)7-1-2-8-17/h5-6,9,12,21H,1-4,7-8,10-11H2,(H,19,20). The lowest BCUT2D eigenvalue weighted by atomic mass is 9.97. The van der Waals surface area contributed by atoms with Gasteiger partial charge in [-0.15, -0.1) is 0 Å². The summed E-state index contributed by atoms with van der Waals surface area (Å²) in [4.78, 5) is 12.1. The van der Waals surface area contributed by atoms with Gasteiger partial charge in [-0.3, -0.25) is 4.79 Å². The van der Waals surface area contributed by atoms with Gasteiger partial charge in [0, 0.05) is 6.07 Å². The highest BCUT2D eigenvalue weighted by atomic mass is 19.1. The third kappa shape index (κ3) is 3.97. The Hall–Kier alpha value is -1.62. The van der Waals surface area contributed by atoms with E-state index in [1.807, 2.05) is 0 Å². The predicted octanol–water partition coefficient (Wildman–Crippen LogP) is 3.25. The molecule has 3 rings (SSSR count). The number of carbonyl (C=O) groups excluding carboxylic acids is 1. The van der Waals surface area contributed by atoms with Crippen molar-refractivity contribution < 1.29 is 19.0 Å². The summed E-state index contributed by atoms with van der Waals surface area (Å²) >= 11 is 0. The minimum absolute atomic E-state index is 0.0758. The molecule has 120 valence electrons. The average molecular weight is 307 g/mol. The fraction of sp³-hybridized carbons (Fsp3) is 0.588. The molecule has 4 nitrogen and oxygen atoms in total. The van der Waals surface area contributed by atoms with Crippen LogP contribution in [0.1, 0.15) is 44.9 Å². The second-order valence-corrected chi connectivity index (χ2v) is 6.55. The lowest BCUT2D eigenvalue weighted by Gasteiger charge is -2.21. The van der Waals surface area contributed by atoms with Crippen molar-refractivity contribution in [2.24, 2.45) is 5.92 Å². The topological polar surface area (TPSA) is 58.6 Å². The number of amides is 1. The summed E-state index contributed by atoms with van der Waals surface area (Å²) in [5.41, 5.74) is -0.423. The van der Waals surface area contributed by atoms with Gasteiger partial charge in [-0.1, -0.05) is 12.8 Å². The second kappa shape index (κ2) is 6.24. The Kier molecular flexibility index (Phi) is 4.34. The fourth-order valence-electron chi connectivity index (χ4n) is 2.91. The highest BCUT2D eigenvalue weighted by molar-refractivity contribution is 5.92. The SMILES string of the molecule is O=C(CC1(O)CCCC1)Nc1ccc(F)cc1OCC1CC1. The summed E-state index contributed by atoms with van der Waals surface area (Å²) < 4.78 is 19.0. The molecule has 0 radical (unpaired) electrons. The summed E-state index contributed by atoms with van der Waals surface area (Å²) in [6.07, 6.45) is 5.59. The Morgan fingerprint density at radius 1 is 1.36 bits per heavy atom. The molecule has 22 heavy (non-hydrogen) atoms. The van der Waals surface area contributed by atoms with E-state index in [2.05, 4.69) is 5.32 Å². The number of anilines is 1. The van der Waals surface area contributed by atoms with Crippen LogP contribution in [0.4, 0.5) is 10.1 Å². The van der Waals surface area contributed by atoms with Crippen LogP contribution in [-0.4, -0.2) is 23.2 Å². The number of hydrogen-bond acceptors (Lipinski definition) is 3. The first-order valence-corrected chi connectivity index (χ1v) is 7.99. The number of hydrogen-bond donors (Lipinski definition) is 2. The van der Waals surface area contributed by atoms with Gasteiger partial charge in [-0.05, 0) is 43.7 Å². The van der Waals surface area contributed by atoms with Crippen molar-refractivity contribution in [2.75, 3.05) is 11.9 Å². The van der Waals surface area contributed by atoms with Crippen LogP contribution in [0.25, 0.3) is 0 Å². The van der Waals surface area contributed by atoms with E-state index in [1.165, 1.54) is 18.2 Å². The van der Waals surface area contributed by atoms with Crippen molar-refractivity contribution in [3.05, 3.63) is 24.0 Å². The maximum Gasteiger partial charge on any atom is 0.227 e. The molecule has 2 aliphatic rings. The summed E-state index contributed by atoms with van der Waals surface area (Å²) in [5.74, 6) is 0.259. The first-order chi connectivity index (χ1) is 10.5. The highest BCUT2D eigenvalue weighted by Crippen LogP contribution is 2.34. The van der Waals surface area contributed by atoms with Crippen LogP contribution in [-0.2, 0) is 4.79 Å². The van der Waals surface area contributed by atoms with Gasteiger partial charge in [0.1, 0.15) is 11.6 Å². The Bertz CT molecular complexity index is 551. The normalized spacial score (nSPS) is 19.9. The zero-order chi connectivity index (χ0) is 15.6. The maximum atomic E-state index is 13.4. The van der Waals surface area contributed by atoms with E-state index in [1.54, 1.807) is 0 Å². The quantitative estimate of drug-likeness (QED) is 0.848. The number of rotatable bonds is 6. The molecule has 1 aromatic carbocycles. The molecular weight excluding hydrogens is 285 g/mol. The number of nitrogens with one attached hydrogen (secondary N) is 1. The van der Waals surface area contributed by atoms with Crippen molar-refractivity contribution >= 4 is 11.6 Å². The minimum atomic E-state index is -0.890. The van der Waals surface area contributed by atoms with Crippen LogP contribution < -0.4 is 10.1 Å². The van der Waals surface area contributed by atoms with Gasteiger partial charge in [0.2, 0.25) is 5.91 Å². The summed E-state index contributed by atoms with van der Waals surface area (Å²) in [6, 6.07) is 4.10. The largest absolute Gasteiger partial charge is 0.491 e. The van der Waals surface area contributed by atoms with Gasteiger partial charge in [-0.2, -0.15) is 0 Å². The van der Waals surface area contributed by atoms with E-state index in [4.69, 9.17) is 4.74 Å². The molecule has 1 aromatic rings. The van der Waals surface area contributed by atoms with Crippen LogP contribution in [0.3, 0.4) is 0 Å². The fourth-order valence-corrected chi connectivity index (χ4v) is 2.91. The Morgan fingerprint density at radius 2 is 2.09 bits per heavy atom. The van der Waals surface area contributed by atoms with E-state index in [0.29, 0.717) is 36.8 Å². The van der Waals surface area contributed by atoms with Crippen LogP contribution in [0.15, 0.2) is 18.2 Å². The first kappa shape index (κ1) is 15.3. The van der Waals surface area contributed by atoms with Crippen molar-refractivity contribution in [3.63, 3.8) is 0 Å². The third-order valence-corrected chi connectivity index (χ3v) is 4.41. The number of benzene rings is 1. The van der Waals surface area contributed by atoms with Crippen molar-refractivity contribution in [2.45, 2.75) is 50.5 Å². The molecule has 2 fully saturated rings. The van der Waals surface area contributed by atoms with Crippen molar-refractivity contribution in [1.29, 1.82) is 0 Å². The molecule has 1 amide bonds. The summed E-state index contributed by atoms with van der Waals surface area (Å²) in [6.45, 7) is 0.552. The number of halogens is 1. The molecule has 0 aromatic heterocycles. The highest BCUT2D eigenvalue weighted by Gasteiger charge is 2.33. The lowest BCUT2D eigenvalue weighted by molar-refractivity contribution is -0.120. The van der Waals surface area contributed by atoms with Gasteiger partial charge in [0.05, 0.1) is 24.3 Å². The van der Waals surface area contributed by atoms with E-state index >= 15 is 0 Å². The minimum Gasteiger partial charge on any atom is -0.491 e. The smallest absolute Gasteiger partial charge is 0.227 e. The van der Waals surface area contributed by atoms with Crippen LogP contribution >= 0.6 is 0 Å². The van der Waals surface area contributed by atoms with E-state index in [9.17, 15) is 14.3 Å². The molecule has 0 bridgehead atoms. The lowest BCUT2D eigenvalue weighted by Crippen LogP contribution is -2.30. The molecule has 5 heteroatoms. The summed E-state index contributed by atoms with van der Waals surface area (Å²) in [7, 11) is 0. The Morgan fingerprint density at radius 3 is 2.77 bits per heavy atom. The molecule has 0 atom stereocenters. The second-order valence-electron chi connectivity index (χ2n) is 6.55. The molecule has 0 aliphatic heterocycles. The molecule has 2 saturated carbocycles. The third-order valence-electron chi connectivity index (χ3n) is 4.41. The Labute approximate surface area is 129 Å². The number of carbonyl (C=O) groups is 1. The molecule has 2 N–H and O–H groups in total. The zero-order valence-electron chi connectivity index (χ0n) is 12.6. The molecule has 0 spiro atoms. The molecule has 2 aliphatic carbocycles. The monoisotopic (exact) mass is 307 g/mol. The molecule has 0 saturated heterocycles. The van der Waals surface area contributed by atoms with Crippen LogP contribution in [0.2, 0.25) is 0 Å². The van der Waals surface area contributed by atoms with Gasteiger partial charge >= 0.3 is 0 Å². The van der Waals surface area contributed by atoms with E-state index in [0.717, 1.165) is 25.7 Å². The van der Waals surface area contributed by atoms with Crippen molar-refractivity contribution in [3.8, 4) is 5.75 Å². The first-order valence-electron chi connectivity index (χ1n) is 7.99. The predicted molar refractivity (Wildman–Crippen MR) is 81.3 cm³/mol. The number of ether oxygens (including phenoxy) is 1. The number of aliphatic hydroxyl groups is 1. The van der Waals surface area contributed by atoms with Gasteiger partial charge in [0.25, 0.3) is 0 Å². The van der Waals surface area contributed by atoms with Crippen LogP contribution in [0.5, 0.6) is 5.75 Å². The van der Waals surface area contributed by atoms with Gasteiger partial charge in [0.15, 0.2) is 0 Å². The average Bonchev–Trinajstić information content (AvgIpc) is 3.20. The van der Waals surface area contributed by atoms with Gasteiger partial charge < -0.3 is 15.2 Å². The molecular formula is C17H22FNO3. The van der Waals surface area contributed by atoms with E-state index < -0.39 is 11.4 Å². The Balaban J connectivity index is 1.63. The zero-order valence-corrected chi connectivity index (χ0v) is 12.6. The van der Waals surface area contributed by atoms with Gasteiger partial charge in [-0.25, -0.2) is 4.39 Å². The van der Waals surface area contributed by atoms with Crippen LogP contribution in [0, 0.1) is 11.7 Å². The molecule has 0 heterocycles. The maximum absolute atomic E-state index is 13.4. The van der Waals surface area contributed by atoms with Crippen molar-refractivity contribution in [1.82, 2.24) is 0 Å². The summed E-state index contributed by atoms with van der Waals surface area (Å²) in [5, 5.41) is 13.0. The van der Waals surface area contributed by atoms with E-state index in [-0.39, 0.29) is 12.3 Å².